The molecular formula is C18H26N2O2. The summed E-state index contributed by atoms with van der Waals surface area (Å²) in [7, 11) is 1.69. The third-order valence-electron chi connectivity index (χ3n) is 5.42. The Morgan fingerprint density at radius 3 is 2.68 bits per heavy atom. The van der Waals surface area contributed by atoms with E-state index in [1.807, 2.05) is 0 Å². The van der Waals surface area contributed by atoms with Crippen LogP contribution in [0.5, 0.6) is 0 Å². The zero-order valence-electron chi connectivity index (χ0n) is 13.4. The lowest BCUT2D eigenvalue weighted by Crippen LogP contribution is -2.45. The molecule has 4 heteroatoms. The average molecular weight is 302 g/mol. The van der Waals surface area contributed by atoms with Gasteiger partial charge in [-0.2, -0.15) is 0 Å². The molecule has 1 spiro atoms. The fourth-order valence-electron chi connectivity index (χ4n) is 3.89. The third kappa shape index (κ3) is 3.18. The van der Waals surface area contributed by atoms with Gasteiger partial charge in [0.15, 0.2) is 0 Å². The second-order valence-electron chi connectivity index (χ2n) is 6.67. The number of hydrogen-bond donors (Lipinski definition) is 1. The van der Waals surface area contributed by atoms with Crippen LogP contribution in [0.4, 0.5) is 0 Å². The van der Waals surface area contributed by atoms with Gasteiger partial charge in [-0.25, -0.2) is 0 Å². The molecular weight excluding hydrogens is 276 g/mol. The van der Waals surface area contributed by atoms with E-state index in [1.165, 1.54) is 5.56 Å². The number of methoxy groups -OCH3 is 1. The molecule has 2 aliphatic rings. The van der Waals surface area contributed by atoms with Gasteiger partial charge in [0.05, 0.1) is 12.5 Å². The van der Waals surface area contributed by atoms with Crippen LogP contribution in [0.25, 0.3) is 0 Å². The lowest BCUT2D eigenvalue weighted by Gasteiger charge is -2.41. The number of carbonyl (C=O) groups is 1. The van der Waals surface area contributed by atoms with Crippen molar-refractivity contribution < 1.29 is 9.53 Å². The summed E-state index contributed by atoms with van der Waals surface area (Å²) in [5.41, 5.74) is 1.52. The lowest BCUT2D eigenvalue weighted by atomic mass is 9.71. The highest BCUT2D eigenvalue weighted by Crippen LogP contribution is 2.42. The van der Waals surface area contributed by atoms with E-state index in [4.69, 9.17) is 4.74 Å². The maximum Gasteiger partial charge on any atom is 0.226 e. The first-order valence-corrected chi connectivity index (χ1v) is 8.26. The molecule has 1 aromatic carbocycles. The van der Waals surface area contributed by atoms with E-state index < -0.39 is 0 Å². The van der Waals surface area contributed by atoms with Gasteiger partial charge in [0.2, 0.25) is 5.91 Å². The lowest BCUT2D eigenvalue weighted by molar-refractivity contribution is -0.126. The summed E-state index contributed by atoms with van der Waals surface area (Å²) in [6, 6.07) is 10.7. The molecule has 22 heavy (non-hydrogen) atoms. The topological polar surface area (TPSA) is 41.6 Å². The summed E-state index contributed by atoms with van der Waals surface area (Å²) >= 11 is 0. The maximum absolute atomic E-state index is 12.0. The van der Waals surface area contributed by atoms with Crippen molar-refractivity contribution >= 4 is 5.91 Å². The molecule has 1 amide bonds. The van der Waals surface area contributed by atoms with Crippen molar-refractivity contribution in [3.05, 3.63) is 35.9 Å². The molecule has 0 radical (unpaired) electrons. The van der Waals surface area contributed by atoms with Crippen LogP contribution in [0.3, 0.4) is 0 Å². The van der Waals surface area contributed by atoms with Gasteiger partial charge in [-0.05, 0) is 37.9 Å². The van der Waals surface area contributed by atoms with Gasteiger partial charge < -0.3 is 15.0 Å². The van der Waals surface area contributed by atoms with Gasteiger partial charge in [0, 0.05) is 25.6 Å². The number of carbonyl (C=O) groups excluding carboxylic acids is 1. The summed E-state index contributed by atoms with van der Waals surface area (Å²) in [5.74, 6) is 0.216. The van der Waals surface area contributed by atoms with Crippen LogP contribution in [-0.2, 0) is 16.0 Å². The molecule has 2 saturated heterocycles. The fraction of sp³-hybridized carbons (Fsp3) is 0.611. The largest absolute Gasteiger partial charge is 0.384 e. The first-order valence-electron chi connectivity index (χ1n) is 8.26. The molecule has 3 rings (SSSR count). The minimum absolute atomic E-state index is 0.0359. The van der Waals surface area contributed by atoms with Gasteiger partial charge in [-0.15, -0.1) is 0 Å². The van der Waals surface area contributed by atoms with Gasteiger partial charge in [0.25, 0.3) is 0 Å². The Bertz CT molecular complexity index is 495. The highest BCUT2D eigenvalue weighted by Gasteiger charge is 2.49. The van der Waals surface area contributed by atoms with E-state index in [0.717, 1.165) is 45.4 Å². The summed E-state index contributed by atoms with van der Waals surface area (Å²) in [5, 5.41) is 3.05. The Morgan fingerprint density at radius 1 is 1.27 bits per heavy atom. The summed E-state index contributed by atoms with van der Waals surface area (Å²) in [6.07, 6.45) is 3.29. The molecule has 1 aromatic rings. The number of likely N-dealkylation sites (tertiary alicyclic amines) is 1. The van der Waals surface area contributed by atoms with E-state index in [0.29, 0.717) is 6.61 Å². The number of hydrogen-bond acceptors (Lipinski definition) is 3. The summed E-state index contributed by atoms with van der Waals surface area (Å²) in [6.45, 7) is 4.66. The second-order valence-corrected chi connectivity index (χ2v) is 6.67. The maximum atomic E-state index is 12.0. The molecule has 0 unspecified atom stereocenters. The number of rotatable bonds is 5. The molecule has 2 heterocycles. The first-order chi connectivity index (χ1) is 10.7. The SMILES string of the molecule is COC[C@H]1C(=O)NCC12CCN(CCc1ccccc1)CC2. The van der Waals surface area contributed by atoms with Crippen LogP contribution in [0.15, 0.2) is 30.3 Å². The van der Waals surface area contributed by atoms with Gasteiger partial charge in [-0.1, -0.05) is 30.3 Å². The molecule has 2 fully saturated rings. The Balaban J connectivity index is 1.52. The van der Waals surface area contributed by atoms with Crippen molar-refractivity contribution in [3.8, 4) is 0 Å². The monoisotopic (exact) mass is 302 g/mol. The van der Waals surface area contributed by atoms with Crippen molar-refractivity contribution in [2.75, 3.05) is 39.9 Å². The molecule has 4 nitrogen and oxygen atoms in total. The smallest absolute Gasteiger partial charge is 0.226 e. The number of ether oxygens (including phenoxy) is 1. The summed E-state index contributed by atoms with van der Waals surface area (Å²) < 4.78 is 5.28. The van der Waals surface area contributed by atoms with Crippen LogP contribution in [0, 0.1) is 11.3 Å². The standard InChI is InChI=1S/C18H26N2O2/c1-22-13-16-17(21)19-14-18(16)8-11-20(12-9-18)10-7-15-5-3-2-4-6-15/h2-6,16H,7-14H2,1H3,(H,19,21)/t16-/m0/s1. The molecule has 0 saturated carbocycles. The number of amides is 1. The van der Waals surface area contributed by atoms with Crippen molar-refractivity contribution in [2.24, 2.45) is 11.3 Å². The normalized spacial score (nSPS) is 24.6. The molecule has 1 atom stereocenters. The van der Waals surface area contributed by atoms with Crippen LogP contribution >= 0.6 is 0 Å². The minimum atomic E-state index is 0.0359. The van der Waals surface area contributed by atoms with Gasteiger partial charge in [-0.3, -0.25) is 4.79 Å². The van der Waals surface area contributed by atoms with Crippen LogP contribution in [0.2, 0.25) is 0 Å². The number of nitrogens with zero attached hydrogens (tertiary/aromatic N) is 1. The Morgan fingerprint density at radius 2 is 2.00 bits per heavy atom. The molecule has 120 valence electrons. The molecule has 0 bridgehead atoms. The first kappa shape index (κ1) is 15.5. The Kier molecular flexibility index (Phi) is 4.79. The average Bonchev–Trinajstić information content (AvgIpc) is 2.86. The molecule has 2 aliphatic heterocycles. The zero-order chi connectivity index (χ0) is 15.4. The van der Waals surface area contributed by atoms with E-state index in [1.54, 1.807) is 7.11 Å². The van der Waals surface area contributed by atoms with E-state index >= 15 is 0 Å². The van der Waals surface area contributed by atoms with Gasteiger partial charge in [0.1, 0.15) is 0 Å². The highest BCUT2D eigenvalue weighted by atomic mass is 16.5. The molecule has 1 N–H and O–H groups in total. The highest BCUT2D eigenvalue weighted by molar-refractivity contribution is 5.82. The Hall–Kier alpha value is -1.39. The van der Waals surface area contributed by atoms with E-state index in [2.05, 4.69) is 40.5 Å². The van der Waals surface area contributed by atoms with Crippen molar-refractivity contribution in [1.82, 2.24) is 10.2 Å². The van der Waals surface area contributed by atoms with E-state index in [-0.39, 0.29) is 17.2 Å². The second kappa shape index (κ2) is 6.80. The van der Waals surface area contributed by atoms with Crippen LogP contribution in [0.1, 0.15) is 18.4 Å². The third-order valence-corrected chi connectivity index (χ3v) is 5.42. The van der Waals surface area contributed by atoms with Crippen LogP contribution in [-0.4, -0.2) is 50.7 Å². The zero-order valence-corrected chi connectivity index (χ0v) is 13.4. The van der Waals surface area contributed by atoms with Gasteiger partial charge >= 0.3 is 0 Å². The van der Waals surface area contributed by atoms with E-state index in [9.17, 15) is 4.79 Å². The number of piperidine rings is 1. The predicted molar refractivity (Wildman–Crippen MR) is 86.6 cm³/mol. The predicted octanol–water partition coefficient (Wildman–Crippen LogP) is 1.70. The summed E-state index contributed by atoms with van der Waals surface area (Å²) in [4.78, 5) is 14.6. The molecule has 0 aromatic heterocycles. The fourth-order valence-corrected chi connectivity index (χ4v) is 3.89. The Labute approximate surface area is 132 Å². The van der Waals surface area contributed by atoms with Crippen molar-refractivity contribution in [2.45, 2.75) is 19.3 Å². The van der Waals surface area contributed by atoms with Crippen LogP contribution < -0.4 is 5.32 Å². The quantitative estimate of drug-likeness (QED) is 0.900. The number of nitrogens with one attached hydrogen (secondary N) is 1. The van der Waals surface area contributed by atoms with Crippen molar-refractivity contribution in [3.63, 3.8) is 0 Å². The minimum Gasteiger partial charge on any atom is -0.384 e. The van der Waals surface area contributed by atoms with Crippen molar-refractivity contribution in [1.29, 1.82) is 0 Å². The number of benzene rings is 1. The molecule has 0 aliphatic carbocycles.